The van der Waals surface area contributed by atoms with Crippen molar-refractivity contribution >= 4 is 17.7 Å². The standard InChI is InChI=1S/C8H18N2O2S/c1-6(5-13-3)10-8(11)7(9)4-12-2/h6-7H,4-5,9H2,1-3H3,(H,10,11). The lowest BCUT2D eigenvalue weighted by atomic mass is 10.3. The van der Waals surface area contributed by atoms with Gasteiger partial charge in [0.1, 0.15) is 6.04 Å². The molecule has 0 bridgehead atoms. The number of hydrogen-bond donors (Lipinski definition) is 2. The number of ether oxygens (including phenoxy) is 1. The number of nitrogens with one attached hydrogen (secondary N) is 1. The number of methoxy groups -OCH3 is 1. The molecule has 0 aromatic carbocycles. The maximum atomic E-state index is 11.3. The van der Waals surface area contributed by atoms with Crippen molar-refractivity contribution in [2.45, 2.75) is 19.0 Å². The van der Waals surface area contributed by atoms with Crippen molar-refractivity contribution in [3.63, 3.8) is 0 Å². The summed E-state index contributed by atoms with van der Waals surface area (Å²) in [6.45, 7) is 2.21. The van der Waals surface area contributed by atoms with E-state index in [0.29, 0.717) is 0 Å². The zero-order valence-corrected chi connectivity index (χ0v) is 9.19. The molecule has 1 amide bonds. The third kappa shape index (κ3) is 5.90. The lowest BCUT2D eigenvalue weighted by Gasteiger charge is -2.15. The first kappa shape index (κ1) is 12.7. The molecule has 0 fully saturated rings. The Labute approximate surface area is 83.6 Å². The van der Waals surface area contributed by atoms with Crippen LogP contribution in [0, 0.1) is 0 Å². The second kappa shape index (κ2) is 7.17. The van der Waals surface area contributed by atoms with Crippen LogP contribution in [0.15, 0.2) is 0 Å². The molecule has 0 rings (SSSR count). The molecule has 3 N–H and O–H groups in total. The summed E-state index contributed by atoms with van der Waals surface area (Å²) in [6.07, 6.45) is 2.00. The van der Waals surface area contributed by atoms with Crippen molar-refractivity contribution in [2.24, 2.45) is 5.73 Å². The zero-order chi connectivity index (χ0) is 10.3. The molecule has 0 aromatic rings. The van der Waals surface area contributed by atoms with Gasteiger partial charge in [0.25, 0.3) is 0 Å². The molecule has 0 aliphatic heterocycles. The SMILES string of the molecule is COCC(N)C(=O)NC(C)CSC. The molecule has 0 spiro atoms. The van der Waals surface area contributed by atoms with Gasteiger partial charge in [-0.2, -0.15) is 11.8 Å². The third-order valence-corrected chi connectivity index (χ3v) is 2.32. The summed E-state index contributed by atoms with van der Waals surface area (Å²) in [5.41, 5.74) is 5.53. The number of hydrogen-bond acceptors (Lipinski definition) is 4. The molecule has 0 aliphatic rings. The van der Waals surface area contributed by atoms with E-state index in [1.54, 1.807) is 11.8 Å². The fourth-order valence-corrected chi connectivity index (χ4v) is 1.48. The van der Waals surface area contributed by atoms with Gasteiger partial charge in [-0.3, -0.25) is 4.79 Å². The Kier molecular flexibility index (Phi) is 7.03. The minimum Gasteiger partial charge on any atom is -0.383 e. The van der Waals surface area contributed by atoms with E-state index in [0.717, 1.165) is 5.75 Å². The van der Waals surface area contributed by atoms with E-state index in [1.807, 2.05) is 13.2 Å². The number of thioether (sulfide) groups is 1. The summed E-state index contributed by atoms with van der Waals surface area (Å²) in [5.74, 6) is 0.745. The van der Waals surface area contributed by atoms with Gasteiger partial charge < -0.3 is 15.8 Å². The lowest BCUT2D eigenvalue weighted by Crippen LogP contribution is -2.47. The number of rotatable bonds is 6. The quantitative estimate of drug-likeness (QED) is 0.633. The van der Waals surface area contributed by atoms with Gasteiger partial charge in [0.05, 0.1) is 6.61 Å². The van der Waals surface area contributed by atoms with Crippen LogP contribution in [0.3, 0.4) is 0 Å². The van der Waals surface area contributed by atoms with Crippen LogP contribution < -0.4 is 11.1 Å². The summed E-state index contributed by atoms with van der Waals surface area (Å²) in [6, 6.07) is -0.403. The minimum absolute atomic E-state index is 0.150. The van der Waals surface area contributed by atoms with Crippen LogP contribution in [0.2, 0.25) is 0 Å². The van der Waals surface area contributed by atoms with E-state index in [1.165, 1.54) is 7.11 Å². The van der Waals surface area contributed by atoms with Crippen LogP contribution in [0.4, 0.5) is 0 Å². The Morgan fingerprint density at radius 1 is 1.69 bits per heavy atom. The van der Waals surface area contributed by atoms with E-state index < -0.39 is 6.04 Å². The Balaban J connectivity index is 3.71. The van der Waals surface area contributed by atoms with Crippen LogP contribution >= 0.6 is 11.8 Å². The van der Waals surface area contributed by atoms with Gasteiger partial charge in [0.2, 0.25) is 5.91 Å². The van der Waals surface area contributed by atoms with Crippen molar-refractivity contribution in [1.29, 1.82) is 0 Å². The molecule has 5 heteroatoms. The first-order valence-electron chi connectivity index (χ1n) is 4.15. The maximum absolute atomic E-state index is 11.3. The van der Waals surface area contributed by atoms with Gasteiger partial charge in [-0.1, -0.05) is 0 Å². The van der Waals surface area contributed by atoms with E-state index >= 15 is 0 Å². The molecular weight excluding hydrogens is 188 g/mol. The van der Waals surface area contributed by atoms with Crippen molar-refractivity contribution < 1.29 is 9.53 Å². The van der Waals surface area contributed by atoms with Crippen LogP contribution in [-0.4, -0.2) is 43.7 Å². The molecule has 4 nitrogen and oxygen atoms in total. The van der Waals surface area contributed by atoms with Crippen LogP contribution in [0.1, 0.15) is 6.92 Å². The zero-order valence-electron chi connectivity index (χ0n) is 8.37. The fourth-order valence-electron chi connectivity index (χ4n) is 0.897. The largest absolute Gasteiger partial charge is 0.383 e. The summed E-state index contributed by atoms with van der Waals surface area (Å²) >= 11 is 1.69. The first-order chi connectivity index (χ1) is 6.11. The molecule has 0 aliphatic carbocycles. The van der Waals surface area contributed by atoms with E-state index in [9.17, 15) is 4.79 Å². The molecule has 0 heterocycles. The molecule has 2 atom stereocenters. The highest BCUT2D eigenvalue weighted by atomic mass is 32.2. The molecule has 2 unspecified atom stereocenters. The van der Waals surface area contributed by atoms with Crippen LogP contribution in [0.25, 0.3) is 0 Å². The van der Waals surface area contributed by atoms with Crippen molar-refractivity contribution in [3.05, 3.63) is 0 Å². The predicted molar refractivity (Wildman–Crippen MR) is 55.8 cm³/mol. The van der Waals surface area contributed by atoms with E-state index in [2.05, 4.69) is 5.32 Å². The minimum atomic E-state index is -0.561. The van der Waals surface area contributed by atoms with Gasteiger partial charge in [-0.25, -0.2) is 0 Å². The Hall–Kier alpha value is -0.260. The van der Waals surface area contributed by atoms with Gasteiger partial charge in [-0.05, 0) is 13.2 Å². The Morgan fingerprint density at radius 3 is 2.77 bits per heavy atom. The van der Waals surface area contributed by atoms with E-state index in [-0.39, 0.29) is 18.6 Å². The number of nitrogens with two attached hydrogens (primary N) is 1. The van der Waals surface area contributed by atoms with Crippen molar-refractivity contribution in [2.75, 3.05) is 25.7 Å². The molecule has 0 radical (unpaired) electrons. The number of carbonyl (C=O) groups excluding carboxylic acids is 1. The highest BCUT2D eigenvalue weighted by Crippen LogP contribution is 1.96. The average molecular weight is 206 g/mol. The molecular formula is C8H18N2O2S. The number of carbonyl (C=O) groups is 1. The van der Waals surface area contributed by atoms with Gasteiger partial charge in [-0.15, -0.1) is 0 Å². The Bertz CT molecular complexity index is 155. The second-order valence-corrected chi connectivity index (χ2v) is 3.84. The van der Waals surface area contributed by atoms with Crippen LogP contribution in [0.5, 0.6) is 0 Å². The lowest BCUT2D eigenvalue weighted by molar-refractivity contribution is -0.123. The maximum Gasteiger partial charge on any atom is 0.239 e. The third-order valence-electron chi connectivity index (χ3n) is 1.49. The molecule has 13 heavy (non-hydrogen) atoms. The molecule has 78 valence electrons. The Morgan fingerprint density at radius 2 is 2.31 bits per heavy atom. The summed E-state index contributed by atoms with van der Waals surface area (Å²) in [4.78, 5) is 11.3. The van der Waals surface area contributed by atoms with E-state index in [4.69, 9.17) is 10.5 Å². The smallest absolute Gasteiger partial charge is 0.239 e. The van der Waals surface area contributed by atoms with Gasteiger partial charge >= 0.3 is 0 Å². The van der Waals surface area contributed by atoms with Gasteiger partial charge in [0.15, 0.2) is 0 Å². The molecule has 0 saturated heterocycles. The average Bonchev–Trinajstić information content (AvgIpc) is 2.05. The topological polar surface area (TPSA) is 64.3 Å². The summed E-state index contributed by atoms with van der Waals surface area (Å²) < 4.78 is 4.78. The normalized spacial score (nSPS) is 15.1. The molecule has 0 saturated carbocycles. The predicted octanol–water partition coefficient (Wildman–Crippen LogP) is -0.172. The second-order valence-electron chi connectivity index (χ2n) is 2.93. The highest BCUT2D eigenvalue weighted by Gasteiger charge is 2.14. The highest BCUT2D eigenvalue weighted by molar-refractivity contribution is 7.98. The van der Waals surface area contributed by atoms with Gasteiger partial charge in [0, 0.05) is 18.9 Å². The van der Waals surface area contributed by atoms with Crippen molar-refractivity contribution in [1.82, 2.24) is 5.32 Å². The van der Waals surface area contributed by atoms with Crippen LogP contribution in [-0.2, 0) is 9.53 Å². The molecule has 0 aromatic heterocycles. The first-order valence-corrected chi connectivity index (χ1v) is 5.55. The summed E-state index contributed by atoms with van der Waals surface area (Å²) in [7, 11) is 1.53. The monoisotopic (exact) mass is 206 g/mol. The fraction of sp³-hybridized carbons (Fsp3) is 0.875. The van der Waals surface area contributed by atoms with Crippen molar-refractivity contribution in [3.8, 4) is 0 Å². The summed E-state index contributed by atoms with van der Waals surface area (Å²) in [5, 5.41) is 2.80. The number of amides is 1.